The summed E-state index contributed by atoms with van der Waals surface area (Å²) in [5, 5.41) is -0.319. The minimum Gasteiger partial charge on any atom is -0.468 e. The summed E-state index contributed by atoms with van der Waals surface area (Å²) in [7, 11) is 0. The monoisotopic (exact) mass is 380 g/mol. The summed E-state index contributed by atoms with van der Waals surface area (Å²) in [6, 6.07) is 11.7. The molecular formula is C19H15F3O3S. The summed E-state index contributed by atoms with van der Waals surface area (Å²) in [6.07, 6.45) is -1.31. The number of benzene rings is 1. The van der Waals surface area contributed by atoms with Crippen molar-refractivity contribution in [1.82, 2.24) is 0 Å². The lowest BCUT2D eigenvalue weighted by Crippen LogP contribution is -2.07. The van der Waals surface area contributed by atoms with Crippen molar-refractivity contribution in [3.63, 3.8) is 0 Å². The van der Waals surface area contributed by atoms with E-state index in [1.54, 1.807) is 24.5 Å². The largest absolute Gasteiger partial charge is 0.468 e. The molecule has 3 nitrogen and oxygen atoms in total. The maximum Gasteiger partial charge on any atom is 0.416 e. The molecule has 0 unspecified atom stereocenters. The smallest absolute Gasteiger partial charge is 0.416 e. The van der Waals surface area contributed by atoms with Gasteiger partial charge in [0.1, 0.15) is 5.76 Å². The number of Topliss-reactive ketones (excluding diaryl/α,β-unsaturated/α-hetero) is 1. The van der Waals surface area contributed by atoms with Gasteiger partial charge in [-0.25, -0.2) is 0 Å². The molecule has 26 heavy (non-hydrogen) atoms. The summed E-state index contributed by atoms with van der Waals surface area (Å²) in [5.41, 5.74) is -0.0668. The second-order valence-electron chi connectivity index (χ2n) is 5.60. The van der Waals surface area contributed by atoms with Gasteiger partial charge in [0.05, 0.1) is 23.8 Å². The standard InChI is InChI=1S/C19H15F3O3S/c20-19(21,22)14-7-5-13(6-8-14)18(26-12-15-3-1-9-24-15)11-16(23)17-4-2-10-25-17/h1-10,18H,11-12H2/t18-/m1/s1. The Labute approximate surface area is 152 Å². The minimum absolute atomic E-state index is 0.115. The molecule has 2 heterocycles. The molecular weight excluding hydrogens is 365 g/mol. The van der Waals surface area contributed by atoms with Crippen molar-refractivity contribution >= 4 is 17.5 Å². The fourth-order valence-corrected chi connectivity index (χ4v) is 3.59. The average molecular weight is 380 g/mol. The number of thioether (sulfide) groups is 1. The van der Waals surface area contributed by atoms with E-state index in [1.165, 1.54) is 30.2 Å². The van der Waals surface area contributed by atoms with Crippen LogP contribution in [-0.2, 0) is 11.9 Å². The zero-order valence-corrected chi connectivity index (χ0v) is 14.3. The Morgan fingerprint density at radius 2 is 1.69 bits per heavy atom. The number of ketones is 1. The van der Waals surface area contributed by atoms with E-state index in [9.17, 15) is 18.0 Å². The molecule has 3 aromatic rings. The third-order valence-electron chi connectivity index (χ3n) is 3.78. The summed E-state index contributed by atoms with van der Waals surface area (Å²) in [5.74, 6) is 1.27. The third kappa shape index (κ3) is 4.60. The van der Waals surface area contributed by atoms with E-state index in [1.807, 2.05) is 6.07 Å². The summed E-state index contributed by atoms with van der Waals surface area (Å²) in [6.45, 7) is 0. The summed E-state index contributed by atoms with van der Waals surface area (Å²) < 4.78 is 48.7. The van der Waals surface area contributed by atoms with Crippen LogP contribution >= 0.6 is 11.8 Å². The summed E-state index contributed by atoms with van der Waals surface area (Å²) >= 11 is 1.43. The first-order chi connectivity index (χ1) is 12.4. The number of rotatable bonds is 7. The van der Waals surface area contributed by atoms with Crippen LogP contribution in [0.15, 0.2) is 69.9 Å². The Hall–Kier alpha value is -2.41. The van der Waals surface area contributed by atoms with E-state index in [0.717, 1.165) is 17.9 Å². The highest BCUT2D eigenvalue weighted by Crippen LogP contribution is 2.37. The predicted octanol–water partition coefficient (Wildman–Crippen LogP) is 6.14. The van der Waals surface area contributed by atoms with Crippen LogP contribution in [0.2, 0.25) is 0 Å². The normalized spacial score (nSPS) is 12.9. The summed E-state index contributed by atoms with van der Waals surface area (Å²) in [4.78, 5) is 12.4. The van der Waals surface area contributed by atoms with Crippen LogP contribution in [0.1, 0.15) is 39.1 Å². The van der Waals surface area contributed by atoms with Crippen molar-refractivity contribution in [3.05, 3.63) is 83.7 Å². The van der Waals surface area contributed by atoms with E-state index in [2.05, 4.69) is 0 Å². The molecule has 0 saturated carbocycles. The van der Waals surface area contributed by atoms with Crippen molar-refractivity contribution in [2.24, 2.45) is 0 Å². The molecule has 0 aliphatic carbocycles. The van der Waals surface area contributed by atoms with Crippen LogP contribution in [0.25, 0.3) is 0 Å². The van der Waals surface area contributed by atoms with Gasteiger partial charge in [0.25, 0.3) is 0 Å². The number of halogens is 3. The zero-order valence-electron chi connectivity index (χ0n) is 13.5. The molecule has 0 radical (unpaired) electrons. The van der Waals surface area contributed by atoms with Gasteiger partial charge in [-0.1, -0.05) is 12.1 Å². The number of hydrogen-bond acceptors (Lipinski definition) is 4. The van der Waals surface area contributed by atoms with Gasteiger partial charge in [0.2, 0.25) is 0 Å². The lowest BCUT2D eigenvalue weighted by atomic mass is 10.0. The van der Waals surface area contributed by atoms with Crippen molar-refractivity contribution in [1.29, 1.82) is 0 Å². The number of furan rings is 2. The average Bonchev–Trinajstić information content (AvgIpc) is 3.31. The fourth-order valence-electron chi connectivity index (χ4n) is 2.44. The van der Waals surface area contributed by atoms with Gasteiger partial charge in [-0.05, 0) is 42.0 Å². The lowest BCUT2D eigenvalue weighted by Gasteiger charge is -2.16. The SMILES string of the molecule is O=C(C[C@@H](SCc1ccco1)c1ccc(C(F)(F)F)cc1)c1ccco1. The van der Waals surface area contributed by atoms with E-state index < -0.39 is 11.7 Å². The molecule has 0 aliphatic heterocycles. The zero-order chi connectivity index (χ0) is 18.6. The molecule has 7 heteroatoms. The van der Waals surface area contributed by atoms with Gasteiger partial charge >= 0.3 is 6.18 Å². The molecule has 0 spiro atoms. The van der Waals surface area contributed by atoms with Crippen molar-refractivity contribution < 1.29 is 26.8 Å². The number of hydrogen-bond donors (Lipinski definition) is 0. The second-order valence-corrected chi connectivity index (χ2v) is 6.79. The van der Waals surface area contributed by atoms with Gasteiger partial charge in [0, 0.05) is 11.7 Å². The molecule has 1 atom stereocenters. The predicted molar refractivity (Wildman–Crippen MR) is 91.8 cm³/mol. The molecule has 0 fully saturated rings. The molecule has 0 saturated heterocycles. The Kier molecular flexibility index (Phi) is 5.56. The van der Waals surface area contributed by atoms with Gasteiger partial charge in [-0.3, -0.25) is 4.79 Å². The van der Waals surface area contributed by atoms with Gasteiger partial charge < -0.3 is 8.83 Å². The van der Waals surface area contributed by atoms with Gasteiger partial charge in [-0.2, -0.15) is 13.2 Å². The molecule has 3 rings (SSSR count). The number of carbonyl (C=O) groups is 1. The first-order valence-corrected chi connectivity index (χ1v) is 8.86. The highest BCUT2D eigenvalue weighted by Gasteiger charge is 2.30. The van der Waals surface area contributed by atoms with E-state index >= 15 is 0 Å². The third-order valence-corrected chi connectivity index (χ3v) is 5.08. The topological polar surface area (TPSA) is 43.4 Å². The molecule has 0 amide bonds. The van der Waals surface area contributed by atoms with Crippen molar-refractivity contribution in [2.45, 2.75) is 23.6 Å². The van der Waals surface area contributed by atoms with Crippen LogP contribution in [0.4, 0.5) is 13.2 Å². The Bertz CT molecular complexity index is 822. The van der Waals surface area contributed by atoms with Crippen molar-refractivity contribution in [2.75, 3.05) is 0 Å². The molecule has 0 N–H and O–H groups in total. The second kappa shape index (κ2) is 7.86. The van der Waals surface area contributed by atoms with Crippen molar-refractivity contribution in [3.8, 4) is 0 Å². The molecule has 2 aromatic heterocycles. The van der Waals surface area contributed by atoms with Crippen LogP contribution in [-0.4, -0.2) is 5.78 Å². The maximum absolute atomic E-state index is 12.8. The Morgan fingerprint density at radius 1 is 1.00 bits per heavy atom. The number of carbonyl (C=O) groups excluding carboxylic acids is 1. The lowest BCUT2D eigenvalue weighted by molar-refractivity contribution is -0.137. The highest BCUT2D eigenvalue weighted by molar-refractivity contribution is 7.98. The van der Waals surface area contributed by atoms with Crippen LogP contribution in [0.5, 0.6) is 0 Å². The van der Waals surface area contributed by atoms with Gasteiger partial charge in [0.15, 0.2) is 11.5 Å². The van der Waals surface area contributed by atoms with E-state index in [4.69, 9.17) is 8.83 Å². The Morgan fingerprint density at radius 3 is 2.27 bits per heavy atom. The minimum atomic E-state index is -4.39. The molecule has 0 bridgehead atoms. The van der Waals surface area contributed by atoms with E-state index in [-0.39, 0.29) is 23.2 Å². The number of alkyl halides is 3. The van der Waals surface area contributed by atoms with Crippen LogP contribution in [0.3, 0.4) is 0 Å². The Balaban J connectivity index is 1.78. The molecule has 1 aromatic carbocycles. The van der Waals surface area contributed by atoms with Crippen LogP contribution < -0.4 is 0 Å². The first kappa shape index (κ1) is 18.4. The quantitative estimate of drug-likeness (QED) is 0.462. The fraction of sp³-hybridized carbons (Fsp3) is 0.211. The van der Waals surface area contributed by atoms with E-state index in [0.29, 0.717) is 11.3 Å². The van der Waals surface area contributed by atoms with Gasteiger partial charge in [-0.15, -0.1) is 11.8 Å². The van der Waals surface area contributed by atoms with Crippen LogP contribution in [0, 0.1) is 0 Å². The highest BCUT2D eigenvalue weighted by atomic mass is 32.2. The molecule has 136 valence electrons. The molecule has 0 aliphatic rings. The first-order valence-electron chi connectivity index (χ1n) is 7.81. The maximum atomic E-state index is 12.8.